The Kier molecular flexibility index (Phi) is 4.58. The Morgan fingerprint density at radius 1 is 1.39 bits per heavy atom. The maximum absolute atomic E-state index is 15.4. The van der Waals surface area contributed by atoms with Gasteiger partial charge in [-0.1, -0.05) is 0 Å². The number of imidazole rings is 1. The molecular formula is C22H23FN6O2. The zero-order valence-electron chi connectivity index (χ0n) is 17.0. The summed E-state index contributed by atoms with van der Waals surface area (Å²) in [6.07, 6.45) is 11.3. The highest BCUT2D eigenvalue weighted by Gasteiger charge is 2.42. The number of benzene rings is 1. The number of anilines is 2. The molecule has 9 heteroatoms. The van der Waals surface area contributed by atoms with Gasteiger partial charge in [-0.05, 0) is 25.7 Å². The van der Waals surface area contributed by atoms with Crippen molar-refractivity contribution in [2.24, 2.45) is 0 Å². The first-order valence-electron chi connectivity index (χ1n) is 10.5. The third-order valence-electron chi connectivity index (χ3n) is 6.56. The minimum absolute atomic E-state index is 0.0289. The highest BCUT2D eigenvalue weighted by Crippen LogP contribution is 2.49. The van der Waals surface area contributed by atoms with Crippen LogP contribution in [0.1, 0.15) is 37.7 Å². The summed E-state index contributed by atoms with van der Waals surface area (Å²) < 4.78 is 25.3. The molecule has 160 valence electrons. The Morgan fingerprint density at radius 3 is 2.90 bits per heavy atom. The molecule has 1 saturated carbocycles. The fraction of sp³-hybridized carbons (Fsp3) is 0.409. The molecule has 3 aromatic rings. The average molecular weight is 422 g/mol. The zero-order valence-corrected chi connectivity index (χ0v) is 17.0. The minimum Gasteiger partial charge on any atom is -0.489 e. The molecule has 2 aromatic heterocycles. The van der Waals surface area contributed by atoms with Gasteiger partial charge in [-0.2, -0.15) is 5.26 Å². The topological polar surface area (TPSA) is 111 Å². The van der Waals surface area contributed by atoms with E-state index < -0.39 is 11.2 Å². The number of aryl methyl sites for hydroxylation is 1. The normalized spacial score (nSPS) is 16.4. The van der Waals surface area contributed by atoms with Crippen molar-refractivity contribution in [3.63, 3.8) is 0 Å². The maximum atomic E-state index is 15.4. The van der Waals surface area contributed by atoms with Crippen LogP contribution in [0.4, 0.5) is 15.8 Å². The third kappa shape index (κ3) is 2.93. The van der Waals surface area contributed by atoms with Crippen molar-refractivity contribution in [3.05, 3.63) is 46.5 Å². The molecule has 0 saturated heterocycles. The average Bonchev–Trinajstić information content (AvgIpc) is 3.19. The summed E-state index contributed by atoms with van der Waals surface area (Å²) in [4.78, 5) is 17.0. The Bertz CT molecular complexity index is 1250. The number of nitrogens with one attached hydrogen (secondary N) is 1. The summed E-state index contributed by atoms with van der Waals surface area (Å²) in [6.45, 7) is 1.62. The first kappa shape index (κ1) is 19.4. The van der Waals surface area contributed by atoms with E-state index in [1.165, 1.54) is 0 Å². The summed E-state index contributed by atoms with van der Waals surface area (Å²) >= 11 is 0. The van der Waals surface area contributed by atoms with E-state index in [2.05, 4.69) is 10.3 Å². The second-order valence-corrected chi connectivity index (χ2v) is 8.27. The standard InChI is InChI=1S/C22H23FN6O2/c23-16-17(25)15-19-21(18(16)27-6-2-8-28-9-7-26-13-28)31-10-5-22(3-1-4-22)29(19)12-14(11-24)20(15)30/h7,9,12-13,27H,1-6,8,10,25H2. The smallest absolute Gasteiger partial charge is 0.209 e. The number of nitrogens with zero attached hydrogens (tertiary/aromatic N) is 4. The van der Waals surface area contributed by atoms with Crippen LogP contribution in [0.5, 0.6) is 5.75 Å². The van der Waals surface area contributed by atoms with Gasteiger partial charge in [0.1, 0.15) is 17.3 Å². The van der Waals surface area contributed by atoms with E-state index in [1.807, 2.05) is 21.4 Å². The number of nitriles is 1. The fourth-order valence-corrected chi connectivity index (χ4v) is 4.74. The van der Waals surface area contributed by atoms with Gasteiger partial charge < -0.3 is 24.9 Å². The second-order valence-electron chi connectivity index (χ2n) is 8.27. The van der Waals surface area contributed by atoms with Crippen LogP contribution in [0, 0.1) is 17.1 Å². The number of rotatable bonds is 5. The lowest BCUT2D eigenvalue weighted by Crippen LogP contribution is -2.41. The monoisotopic (exact) mass is 422 g/mol. The highest BCUT2D eigenvalue weighted by molar-refractivity contribution is 6.00. The first-order chi connectivity index (χ1) is 15.1. The lowest BCUT2D eigenvalue weighted by atomic mass is 9.74. The summed E-state index contributed by atoms with van der Waals surface area (Å²) in [6, 6.07) is 1.95. The maximum Gasteiger partial charge on any atom is 0.209 e. The third-order valence-corrected chi connectivity index (χ3v) is 6.56. The Balaban J connectivity index is 1.63. The molecule has 0 amide bonds. The summed E-state index contributed by atoms with van der Waals surface area (Å²) in [5, 5.41) is 12.7. The van der Waals surface area contributed by atoms with E-state index in [0.717, 1.165) is 38.6 Å². The van der Waals surface area contributed by atoms with Gasteiger partial charge in [-0.25, -0.2) is 9.37 Å². The SMILES string of the molecule is N#Cc1cn2c3c(c(NCCCn4ccnc4)c(F)c(N)c3c1=O)OCCC21CCC1. The lowest BCUT2D eigenvalue weighted by molar-refractivity contribution is 0.117. The number of aromatic nitrogens is 3. The van der Waals surface area contributed by atoms with Crippen LogP contribution in [-0.2, 0) is 12.1 Å². The Morgan fingerprint density at radius 2 is 2.23 bits per heavy atom. The predicted molar refractivity (Wildman–Crippen MR) is 115 cm³/mol. The molecule has 0 radical (unpaired) electrons. The molecule has 1 fully saturated rings. The van der Waals surface area contributed by atoms with E-state index in [-0.39, 0.29) is 27.9 Å². The molecule has 0 atom stereocenters. The van der Waals surface area contributed by atoms with Gasteiger partial charge in [0.2, 0.25) is 5.43 Å². The number of halogens is 1. The minimum atomic E-state index is -0.714. The van der Waals surface area contributed by atoms with Crippen molar-refractivity contribution in [2.45, 2.75) is 44.2 Å². The van der Waals surface area contributed by atoms with E-state index in [0.29, 0.717) is 24.4 Å². The number of pyridine rings is 1. The van der Waals surface area contributed by atoms with Crippen LogP contribution >= 0.6 is 0 Å². The lowest BCUT2D eigenvalue weighted by Gasteiger charge is -2.43. The number of hydrogen-bond donors (Lipinski definition) is 2. The van der Waals surface area contributed by atoms with Crippen molar-refractivity contribution in [2.75, 3.05) is 24.2 Å². The number of fused-ring (bicyclic) bond motifs is 1. The van der Waals surface area contributed by atoms with Crippen LogP contribution in [0.25, 0.3) is 10.9 Å². The van der Waals surface area contributed by atoms with Gasteiger partial charge in [-0.3, -0.25) is 4.79 Å². The first-order valence-corrected chi connectivity index (χ1v) is 10.5. The van der Waals surface area contributed by atoms with Gasteiger partial charge in [0, 0.05) is 43.6 Å². The number of nitrogen functional groups attached to an aromatic ring is 1. The van der Waals surface area contributed by atoms with Crippen molar-refractivity contribution >= 4 is 22.3 Å². The molecule has 0 unspecified atom stereocenters. The number of hydrogen-bond acceptors (Lipinski definition) is 6. The van der Waals surface area contributed by atoms with Crippen molar-refractivity contribution in [1.82, 2.24) is 14.1 Å². The Hall–Kier alpha value is -3.54. The van der Waals surface area contributed by atoms with Gasteiger partial charge in [0.05, 0.1) is 29.5 Å². The highest BCUT2D eigenvalue weighted by atomic mass is 19.1. The molecule has 1 aromatic carbocycles. The van der Waals surface area contributed by atoms with Crippen LogP contribution in [-0.4, -0.2) is 27.3 Å². The summed E-state index contributed by atoms with van der Waals surface area (Å²) in [5.74, 6) is -0.414. The number of ether oxygens (including phenoxy) is 1. The zero-order chi connectivity index (χ0) is 21.6. The van der Waals surface area contributed by atoms with E-state index in [4.69, 9.17) is 10.5 Å². The molecule has 1 aliphatic carbocycles. The van der Waals surface area contributed by atoms with Gasteiger partial charge in [-0.15, -0.1) is 0 Å². The molecule has 3 N–H and O–H groups in total. The molecule has 1 aliphatic heterocycles. The largest absolute Gasteiger partial charge is 0.489 e. The molecule has 1 spiro atoms. The van der Waals surface area contributed by atoms with Crippen LogP contribution in [0.3, 0.4) is 0 Å². The molecule has 8 nitrogen and oxygen atoms in total. The molecule has 3 heterocycles. The van der Waals surface area contributed by atoms with Crippen molar-refractivity contribution in [1.29, 1.82) is 5.26 Å². The molecular weight excluding hydrogens is 399 g/mol. The number of nitrogens with two attached hydrogens (primary N) is 1. The molecule has 2 aliphatic rings. The summed E-state index contributed by atoms with van der Waals surface area (Å²) in [5.41, 5.74) is 5.73. The van der Waals surface area contributed by atoms with Gasteiger partial charge in [0.15, 0.2) is 11.6 Å². The van der Waals surface area contributed by atoms with Crippen molar-refractivity contribution in [3.8, 4) is 11.8 Å². The van der Waals surface area contributed by atoms with Gasteiger partial charge in [0.25, 0.3) is 0 Å². The Labute approximate surface area is 178 Å². The molecule has 0 bridgehead atoms. The van der Waals surface area contributed by atoms with Gasteiger partial charge >= 0.3 is 0 Å². The molecule has 31 heavy (non-hydrogen) atoms. The molecule has 5 rings (SSSR count). The van der Waals surface area contributed by atoms with E-state index >= 15 is 4.39 Å². The second kappa shape index (κ2) is 7.30. The quantitative estimate of drug-likeness (QED) is 0.483. The van der Waals surface area contributed by atoms with Crippen LogP contribution in [0.15, 0.2) is 29.7 Å². The van der Waals surface area contributed by atoms with Crippen LogP contribution in [0.2, 0.25) is 0 Å². The van der Waals surface area contributed by atoms with E-state index in [9.17, 15) is 10.1 Å². The fourth-order valence-electron chi connectivity index (χ4n) is 4.74. The van der Waals surface area contributed by atoms with E-state index in [1.54, 1.807) is 18.7 Å². The van der Waals surface area contributed by atoms with Crippen molar-refractivity contribution < 1.29 is 9.13 Å². The summed E-state index contributed by atoms with van der Waals surface area (Å²) in [7, 11) is 0. The van der Waals surface area contributed by atoms with Crippen LogP contribution < -0.4 is 21.2 Å². The predicted octanol–water partition coefficient (Wildman–Crippen LogP) is 2.95.